The molecule has 0 aliphatic heterocycles. The number of hydrogen-bond donors (Lipinski definition) is 1. The number of hydrogen-bond acceptors (Lipinski definition) is 2. The van der Waals surface area contributed by atoms with Crippen LogP contribution in [0.25, 0.3) is 0 Å². The van der Waals surface area contributed by atoms with Gasteiger partial charge in [-0.3, -0.25) is 0 Å². The van der Waals surface area contributed by atoms with E-state index in [-0.39, 0.29) is 0 Å². The zero-order chi connectivity index (χ0) is 11.7. The van der Waals surface area contributed by atoms with Gasteiger partial charge in [0.25, 0.3) is 0 Å². The molecule has 1 N–H and O–H groups in total. The summed E-state index contributed by atoms with van der Waals surface area (Å²) in [5, 5.41) is 3.49. The summed E-state index contributed by atoms with van der Waals surface area (Å²) in [7, 11) is 0. The van der Waals surface area contributed by atoms with Crippen LogP contribution in [0, 0.1) is 5.92 Å². The molecule has 0 saturated heterocycles. The Hall–Kier alpha value is -0.0800. The molecule has 2 atom stereocenters. The van der Waals surface area contributed by atoms with Gasteiger partial charge in [0.05, 0.1) is 6.10 Å². The fraction of sp³-hybridized carbons (Fsp3) is 1.00. The minimum atomic E-state index is 0.393. The van der Waals surface area contributed by atoms with Gasteiger partial charge < -0.3 is 10.1 Å². The second kappa shape index (κ2) is 9.17. The average Bonchev–Trinajstić information content (AvgIpc) is 2.22. The van der Waals surface area contributed by atoms with Gasteiger partial charge in [-0.1, -0.05) is 27.7 Å². The Bertz CT molecular complexity index is 136. The Kier molecular flexibility index (Phi) is 9.12. The number of nitrogens with one attached hydrogen (secondary N) is 1. The van der Waals surface area contributed by atoms with Crippen molar-refractivity contribution in [3.8, 4) is 0 Å². The quantitative estimate of drug-likeness (QED) is 0.596. The molecular formula is C13H29NO. The van der Waals surface area contributed by atoms with E-state index in [4.69, 9.17) is 4.74 Å². The van der Waals surface area contributed by atoms with Crippen molar-refractivity contribution in [2.24, 2.45) is 5.92 Å². The minimum Gasteiger partial charge on any atom is -0.378 e. The van der Waals surface area contributed by atoms with Crippen molar-refractivity contribution in [1.29, 1.82) is 0 Å². The molecule has 0 aromatic heterocycles. The van der Waals surface area contributed by atoms with Crippen LogP contribution in [0.2, 0.25) is 0 Å². The molecule has 0 rings (SSSR count). The van der Waals surface area contributed by atoms with Gasteiger partial charge in [-0.2, -0.15) is 0 Å². The normalized spacial score (nSPS) is 15.6. The molecular weight excluding hydrogens is 186 g/mol. The van der Waals surface area contributed by atoms with Crippen LogP contribution in [-0.2, 0) is 4.74 Å². The molecule has 0 spiro atoms. The van der Waals surface area contributed by atoms with E-state index < -0.39 is 0 Å². The maximum absolute atomic E-state index is 5.75. The zero-order valence-corrected chi connectivity index (χ0v) is 11.2. The molecule has 0 aromatic rings. The lowest BCUT2D eigenvalue weighted by atomic mass is 10.1. The highest BCUT2D eigenvalue weighted by molar-refractivity contribution is 4.63. The molecule has 0 amide bonds. The third-order valence-electron chi connectivity index (χ3n) is 3.00. The van der Waals surface area contributed by atoms with Crippen LogP contribution in [-0.4, -0.2) is 25.3 Å². The van der Waals surface area contributed by atoms with Gasteiger partial charge in [0.15, 0.2) is 0 Å². The first-order valence-corrected chi connectivity index (χ1v) is 6.46. The van der Waals surface area contributed by atoms with Crippen LogP contribution < -0.4 is 5.32 Å². The first kappa shape index (κ1) is 14.9. The fourth-order valence-corrected chi connectivity index (χ4v) is 1.53. The van der Waals surface area contributed by atoms with E-state index in [2.05, 4.69) is 39.9 Å². The summed E-state index contributed by atoms with van der Waals surface area (Å²) in [6, 6.07) is 0.674. The van der Waals surface area contributed by atoms with Gasteiger partial charge in [0.1, 0.15) is 0 Å². The summed E-state index contributed by atoms with van der Waals surface area (Å²) in [5.74, 6) is 0.626. The van der Waals surface area contributed by atoms with Crippen molar-refractivity contribution >= 4 is 0 Å². The lowest BCUT2D eigenvalue weighted by Gasteiger charge is -2.18. The maximum Gasteiger partial charge on any atom is 0.0569 e. The summed E-state index contributed by atoms with van der Waals surface area (Å²) >= 11 is 0. The Labute approximate surface area is 95.8 Å². The van der Waals surface area contributed by atoms with Crippen LogP contribution in [0.15, 0.2) is 0 Å². The van der Waals surface area contributed by atoms with Gasteiger partial charge in [-0.15, -0.1) is 0 Å². The van der Waals surface area contributed by atoms with Crippen molar-refractivity contribution in [3.05, 3.63) is 0 Å². The van der Waals surface area contributed by atoms with E-state index in [9.17, 15) is 0 Å². The van der Waals surface area contributed by atoms with Crippen molar-refractivity contribution in [3.63, 3.8) is 0 Å². The van der Waals surface area contributed by atoms with Crippen LogP contribution in [0.5, 0.6) is 0 Å². The van der Waals surface area contributed by atoms with E-state index in [1.807, 2.05) is 0 Å². The van der Waals surface area contributed by atoms with Gasteiger partial charge in [-0.05, 0) is 38.6 Å². The molecule has 2 heteroatoms. The molecule has 0 heterocycles. The standard InChI is InChI=1S/C13H29NO/c1-6-13(14-7-2)9-8-10-15-12(5)11(3)4/h11-14H,6-10H2,1-5H3. The molecule has 0 radical (unpaired) electrons. The Morgan fingerprint density at radius 2 is 1.80 bits per heavy atom. The summed E-state index contributed by atoms with van der Waals surface area (Å²) in [6.07, 6.45) is 4.01. The second-order valence-electron chi connectivity index (χ2n) is 4.63. The lowest BCUT2D eigenvalue weighted by Crippen LogP contribution is -2.28. The Balaban J connectivity index is 3.43. The predicted octanol–water partition coefficient (Wildman–Crippen LogP) is 3.22. The molecule has 15 heavy (non-hydrogen) atoms. The molecule has 0 bridgehead atoms. The van der Waals surface area contributed by atoms with Crippen molar-refractivity contribution in [2.75, 3.05) is 13.2 Å². The van der Waals surface area contributed by atoms with Crippen molar-refractivity contribution < 1.29 is 4.74 Å². The third kappa shape index (κ3) is 7.80. The lowest BCUT2D eigenvalue weighted by molar-refractivity contribution is 0.0323. The summed E-state index contributed by atoms with van der Waals surface area (Å²) < 4.78 is 5.75. The fourth-order valence-electron chi connectivity index (χ4n) is 1.53. The molecule has 0 aliphatic rings. The van der Waals surface area contributed by atoms with Gasteiger partial charge in [-0.25, -0.2) is 0 Å². The molecule has 0 aromatic carbocycles. The van der Waals surface area contributed by atoms with E-state index in [1.54, 1.807) is 0 Å². The third-order valence-corrected chi connectivity index (χ3v) is 3.00. The maximum atomic E-state index is 5.75. The molecule has 0 fully saturated rings. The van der Waals surface area contributed by atoms with Gasteiger partial charge >= 0.3 is 0 Å². The van der Waals surface area contributed by atoms with E-state index >= 15 is 0 Å². The zero-order valence-electron chi connectivity index (χ0n) is 11.2. The molecule has 0 aliphatic carbocycles. The van der Waals surface area contributed by atoms with Crippen LogP contribution >= 0.6 is 0 Å². The van der Waals surface area contributed by atoms with Gasteiger partial charge in [0.2, 0.25) is 0 Å². The van der Waals surface area contributed by atoms with Gasteiger partial charge in [0, 0.05) is 12.6 Å². The Morgan fingerprint density at radius 1 is 1.13 bits per heavy atom. The van der Waals surface area contributed by atoms with Crippen LogP contribution in [0.1, 0.15) is 53.9 Å². The van der Waals surface area contributed by atoms with E-state index in [0.717, 1.165) is 13.2 Å². The number of rotatable bonds is 9. The van der Waals surface area contributed by atoms with E-state index in [1.165, 1.54) is 19.3 Å². The molecule has 2 nitrogen and oxygen atoms in total. The highest BCUT2D eigenvalue weighted by Crippen LogP contribution is 2.07. The number of ether oxygens (including phenoxy) is 1. The highest BCUT2D eigenvalue weighted by Gasteiger charge is 2.08. The van der Waals surface area contributed by atoms with Crippen LogP contribution in [0.3, 0.4) is 0 Å². The smallest absolute Gasteiger partial charge is 0.0569 e. The van der Waals surface area contributed by atoms with Crippen molar-refractivity contribution in [1.82, 2.24) is 5.32 Å². The molecule has 2 unspecified atom stereocenters. The SMILES string of the molecule is CCNC(CC)CCCOC(C)C(C)C. The largest absolute Gasteiger partial charge is 0.378 e. The Morgan fingerprint density at radius 3 is 2.27 bits per heavy atom. The molecule has 92 valence electrons. The molecule has 0 saturated carbocycles. The minimum absolute atomic E-state index is 0.393. The highest BCUT2D eigenvalue weighted by atomic mass is 16.5. The van der Waals surface area contributed by atoms with Crippen molar-refractivity contribution in [2.45, 2.75) is 66.0 Å². The van der Waals surface area contributed by atoms with Crippen LogP contribution in [0.4, 0.5) is 0 Å². The summed E-state index contributed by atoms with van der Waals surface area (Å²) in [5.41, 5.74) is 0. The van der Waals surface area contributed by atoms with E-state index in [0.29, 0.717) is 18.1 Å². The second-order valence-corrected chi connectivity index (χ2v) is 4.63. The summed E-state index contributed by atoms with van der Waals surface area (Å²) in [6.45, 7) is 13.0. The first-order chi connectivity index (χ1) is 7.11. The topological polar surface area (TPSA) is 21.3 Å². The predicted molar refractivity (Wildman–Crippen MR) is 67.2 cm³/mol. The monoisotopic (exact) mass is 215 g/mol. The summed E-state index contributed by atoms with van der Waals surface area (Å²) in [4.78, 5) is 0. The first-order valence-electron chi connectivity index (χ1n) is 6.46. The average molecular weight is 215 g/mol.